The lowest BCUT2D eigenvalue weighted by molar-refractivity contribution is -0.255. The van der Waals surface area contributed by atoms with Gasteiger partial charge in [-0.05, 0) is 12.5 Å². The molecule has 1 aliphatic heterocycles. The molecular weight excluding hydrogens is 311 g/mol. The van der Waals surface area contributed by atoms with E-state index < -0.39 is 29.9 Å². The summed E-state index contributed by atoms with van der Waals surface area (Å²) in [4.78, 5) is 10.9. The lowest BCUT2D eigenvalue weighted by atomic mass is 9.96. The van der Waals surface area contributed by atoms with Gasteiger partial charge in [0.05, 0.1) is 12.0 Å². The van der Waals surface area contributed by atoms with Crippen LogP contribution in [0.2, 0.25) is 0 Å². The molecule has 1 N–H and O–H groups in total. The van der Waals surface area contributed by atoms with Crippen LogP contribution in [0.4, 0.5) is 19.0 Å². The average Bonchev–Trinajstić information content (AvgIpc) is 2.90. The average molecular weight is 324 g/mol. The van der Waals surface area contributed by atoms with Crippen molar-refractivity contribution >= 4 is 11.8 Å². The Morgan fingerprint density at radius 1 is 1.35 bits per heavy atom. The van der Waals surface area contributed by atoms with E-state index in [0.29, 0.717) is 10.2 Å². The summed E-state index contributed by atoms with van der Waals surface area (Å²) in [6.45, 7) is 1.89. The van der Waals surface area contributed by atoms with Crippen LogP contribution >= 0.6 is 0 Å². The van der Waals surface area contributed by atoms with Crippen molar-refractivity contribution in [2.75, 3.05) is 5.32 Å². The van der Waals surface area contributed by atoms with Crippen LogP contribution < -0.4 is 10.4 Å². The van der Waals surface area contributed by atoms with Crippen LogP contribution in [0, 0.1) is 6.92 Å². The normalized spacial score (nSPS) is 20.7. The second-order valence-corrected chi connectivity index (χ2v) is 5.55. The number of halogens is 3. The Balaban J connectivity index is 2.01. The van der Waals surface area contributed by atoms with Crippen LogP contribution in [0.5, 0.6) is 0 Å². The number of aromatic carboxylic acids is 1. The van der Waals surface area contributed by atoms with Gasteiger partial charge in [-0.2, -0.15) is 18.3 Å². The molecule has 0 saturated heterocycles. The summed E-state index contributed by atoms with van der Waals surface area (Å²) >= 11 is 0. The quantitative estimate of drug-likeness (QED) is 0.919. The van der Waals surface area contributed by atoms with Gasteiger partial charge in [-0.3, -0.25) is 0 Å². The number of carboxylic acids is 1. The van der Waals surface area contributed by atoms with E-state index in [2.05, 4.69) is 10.4 Å². The number of benzene rings is 1. The predicted molar refractivity (Wildman–Crippen MR) is 73.8 cm³/mol. The number of hydrogen-bond donors (Lipinski definition) is 1. The number of carbonyl (C=O) groups excluding carboxylic acids is 1. The molecule has 2 atom stereocenters. The number of carbonyl (C=O) groups is 1. The zero-order chi connectivity index (χ0) is 16.8. The first-order valence-corrected chi connectivity index (χ1v) is 6.96. The monoisotopic (exact) mass is 324 g/mol. The van der Waals surface area contributed by atoms with Crippen molar-refractivity contribution in [1.82, 2.24) is 9.78 Å². The second kappa shape index (κ2) is 5.29. The van der Waals surface area contributed by atoms with Gasteiger partial charge in [0.15, 0.2) is 6.04 Å². The molecule has 3 rings (SSSR count). The molecule has 1 aromatic carbocycles. The Morgan fingerprint density at radius 3 is 2.57 bits per heavy atom. The van der Waals surface area contributed by atoms with E-state index in [0.717, 1.165) is 11.6 Å². The number of rotatable bonds is 2. The lowest BCUT2D eigenvalue weighted by Crippen LogP contribution is -2.35. The number of hydrogen-bond acceptors (Lipinski definition) is 4. The summed E-state index contributed by atoms with van der Waals surface area (Å²) in [5.74, 6) is -1.59. The molecule has 1 aromatic heterocycles. The third-order valence-electron chi connectivity index (χ3n) is 3.88. The van der Waals surface area contributed by atoms with Gasteiger partial charge in [-0.1, -0.05) is 29.8 Å². The van der Waals surface area contributed by atoms with Crippen molar-refractivity contribution in [2.24, 2.45) is 0 Å². The highest BCUT2D eigenvalue weighted by Crippen LogP contribution is 2.43. The first kappa shape index (κ1) is 15.4. The number of nitrogens with zero attached hydrogens (tertiary/aromatic N) is 2. The fraction of sp³-hybridized carbons (Fsp3) is 0.333. The lowest BCUT2D eigenvalue weighted by Gasteiger charge is -2.33. The SMILES string of the molecule is Cc1ccc([C@H]2C[C@H](C(F)(F)F)n3nc(C(=O)[O-])cc3N2)cc1. The zero-order valence-electron chi connectivity index (χ0n) is 12.1. The summed E-state index contributed by atoms with van der Waals surface area (Å²) in [6.07, 6.45) is -4.80. The highest BCUT2D eigenvalue weighted by molar-refractivity contribution is 5.84. The molecule has 23 heavy (non-hydrogen) atoms. The Bertz CT molecular complexity index is 737. The molecule has 8 heteroatoms. The van der Waals surface area contributed by atoms with Crippen molar-refractivity contribution in [1.29, 1.82) is 0 Å². The van der Waals surface area contributed by atoms with E-state index in [1.165, 1.54) is 0 Å². The molecule has 0 saturated carbocycles. The number of anilines is 1. The second-order valence-electron chi connectivity index (χ2n) is 5.55. The third kappa shape index (κ3) is 2.88. The van der Waals surface area contributed by atoms with E-state index >= 15 is 0 Å². The van der Waals surface area contributed by atoms with Gasteiger partial charge in [0.25, 0.3) is 0 Å². The molecule has 5 nitrogen and oxygen atoms in total. The third-order valence-corrected chi connectivity index (χ3v) is 3.88. The van der Waals surface area contributed by atoms with Crippen LogP contribution in [0.15, 0.2) is 30.3 Å². The summed E-state index contributed by atoms with van der Waals surface area (Å²) in [5.41, 5.74) is 1.18. The van der Waals surface area contributed by atoms with Crippen LogP contribution in [-0.4, -0.2) is 21.9 Å². The Hall–Kier alpha value is -2.51. The molecule has 0 unspecified atom stereocenters. The highest BCUT2D eigenvalue weighted by Gasteiger charge is 2.46. The maximum absolute atomic E-state index is 13.3. The Labute approximate surface area is 129 Å². The van der Waals surface area contributed by atoms with Crippen LogP contribution in [-0.2, 0) is 0 Å². The Kier molecular flexibility index (Phi) is 3.54. The molecule has 2 aromatic rings. The van der Waals surface area contributed by atoms with Gasteiger partial charge >= 0.3 is 6.18 Å². The fourth-order valence-electron chi connectivity index (χ4n) is 2.69. The predicted octanol–water partition coefficient (Wildman–Crippen LogP) is 2.22. The molecule has 0 aliphatic carbocycles. The molecule has 0 fully saturated rings. The minimum Gasteiger partial charge on any atom is -0.543 e. The van der Waals surface area contributed by atoms with E-state index in [1.807, 2.05) is 19.1 Å². The maximum atomic E-state index is 13.3. The van der Waals surface area contributed by atoms with Crippen molar-refractivity contribution in [2.45, 2.75) is 31.6 Å². The standard InChI is InChI=1S/C15H14F3N3O2/c1-8-2-4-9(5-3-8)10-6-12(15(16,17)18)21-13(19-10)7-11(20-21)14(22)23/h2-5,7,10,12,19H,6H2,1H3,(H,22,23)/p-1/t10-,12-/m1/s1. The van der Waals surface area contributed by atoms with Crippen molar-refractivity contribution in [3.63, 3.8) is 0 Å². The Morgan fingerprint density at radius 2 is 2.00 bits per heavy atom. The molecule has 122 valence electrons. The van der Waals surface area contributed by atoms with Crippen molar-refractivity contribution < 1.29 is 23.1 Å². The number of aromatic nitrogens is 2. The molecular formula is C15H13F3N3O2-. The zero-order valence-corrected chi connectivity index (χ0v) is 12.1. The van der Waals surface area contributed by atoms with Crippen LogP contribution in [0.3, 0.4) is 0 Å². The minimum atomic E-state index is -4.53. The van der Waals surface area contributed by atoms with Gasteiger partial charge < -0.3 is 15.2 Å². The number of fused-ring (bicyclic) bond motifs is 1. The van der Waals surface area contributed by atoms with Gasteiger partial charge in [0.1, 0.15) is 11.5 Å². The van der Waals surface area contributed by atoms with Gasteiger partial charge in [0, 0.05) is 12.5 Å². The summed E-state index contributed by atoms with van der Waals surface area (Å²) in [6, 6.07) is 5.74. The topological polar surface area (TPSA) is 70.0 Å². The van der Waals surface area contributed by atoms with E-state index in [1.54, 1.807) is 12.1 Å². The first-order chi connectivity index (χ1) is 10.8. The smallest absolute Gasteiger partial charge is 0.410 e. The van der Waals surface area contributed by atoms with Crippen LogP contribution in [0.1, 0.15) is 40.1 Å². The van der Waals surface area contributed by atoms with E-state index in [-0.39, 0.29) is 12.2 Å². The highest BCUT2D eigenvalue weighted by atomic mass is 19.4. The van der Waals surface area contributed by atoms with Crippen LogP contribution in [0.25, 0.3) is 0 Å². The summed E-state index contributed by atoms with van der Waals surface area (Å²) < 4.78 is 40.7. The van der Waals surface area contributed by atoms with Gasteiger partial charge in [0.2, 0.25) is 0 Å². The molecule has 2 heterocycles. The van der Waals surface area contributed by atoms with E-state index in [4.69, 9.17) is 0 Å². The molecule has 1 aliphatic rings. The maximum Gasteiger partial charge on any atom is 0.410 e. The number of alkyl halides is 3. The number of nitrogens with one attached hydrogen (secondary N) is 1. The molecule has 0 radical (unpaired) electrons. The molecule has 0 spiro atoms. The molecule has 0 bridgehead atoms. The van der Waals surface area contributed by atoms with Gasteiger partial charge in [-0.15, -0.1) is 0 Å². The fourth-order valence-corrected chi connectivity index (χ4v) is 2.69. The summed E-state index contributed by atoms with van der Waals surface area (Å²) in [5, 5.41) is 17.3. The largest absolute Gasteiger partial charge is 0.543 e. The first-order valence-electron chi connectivity index (χ1n) is 6.96. The number of aryl methyl sites for hydroxylation is 1. The van der Waals surface area contributed by atoms with Crippen molar-refractivity contribution in [3.05, 3.63) is 47.2 Å². The summed E-state index contributed by atoms with van der Waals surface area (Å²) in [7, 11) is 0. The molecule has 0 amide bonds. The van der Waals surface area contributed by atoms with Crippen molar-refractivity contribution in [3.8, 4) is 0 Å². The minimum absolute atomic E-state index is 0.0170. The van der Waals surface area contributed by atoms with E-state index in [9.17, 15) is 23.1 Å². The van der Waals surface area contributed by atoms with Gasteiger partial charge in [-0.25, -0.2) is 4.68 Å². The number of carboxylic acid groups (broad SMARTS) is 1.